The zero-order valence-corrected chi connectivity index (χ0v) is 17.4. The van der Waals surface area contributed by atoms with Crippen molar-refractivity contribution >= 4 is 21.1 Å². The van der Waals surface area contributed by atoms with E-state index < -0.39 is 15.8 Å². The number of aromatic nitrogens is 3. The molecule has 0 radical (unpaired) electrons. The smallest absolute Gasteiger partial charge is 0.419 e. The van der Waals surface area contributed by atoms with Gasteiger partial charge in [0.1, 0.15) is 6.10 Å². The Morgan fingerprint density at radius 1 is 1.17 bits per heavy atom. The normalized spacial score (nSPS) is 19.7. The number of methoxy groups -OCH3 is 1. The van der Waals surface area contributed by atoms with Gasteiger partial charge in [-0.3, -0.25) is 9.55 Å². The molecule has 1 N–H and O–H groups in total. The molecule has 0 saturated heterocycles. The molecular weight excluding hydrogens is 412 g/mol. The number of oxazole rings is 1. The lowest BCUT2D eigenvalue weighted by molar-refractivity contribution is 0.136. The van der Waals surface area contributed by atoms with Crippen LogP contribution in [0.25, 0.3) is 11.1 Å². The van der Waals surface area contributed by atoms with Crippen LogP contribution in [0.5, 0.6) is 11.8 Å². The number of ether oxygens (including phenoxy) is 2. The molecule has 0 unspecified atom stereocenters. The van der Waals surface area contributed by atoms with Crippen LogP contribution in [0.15, 0.2) is 44.7 Å². The maximum atomic E-state index is 12.8. The largest absolute Gasteiger partial charge is 0.480 e. The number of fused-ring (bicyclic) bond motifs is 1. The molecular formula is C19H22N4O6S. The molecule has 0 amide bonds. The molecule has 30 heavy (non-hydrogen) atoms. The highest BCUT2D eigenvalue weighted by atomic mass is 32.2. The maximum absolute atomic E-state index is 12.8. The topological polar surface area (TPSA) is 126 Å². The quantitative estimate of drug-likeness (QED) is 0.620. The Hall–Kier alpha value is -2.92. The second kappa shape index (κ2) is 8.07. The number of hydrogen-bond acceptors (Lipinski definition) is 8. The minimum absolute atomic E-state index is 0.0658. The number of nitrogens with one attached hydrogen (secondary N) is 1. The van der Waals surface area contributed by atoms with Gasteiger partial charge in [-0.2, -0.15) is 4.98 Å². The highest BCUT2D eigenvalue weighted by Gasteiger charge is 2.27. The van der Waals surface area contributed by atoms with E-state index in [2.05, 4.69) is 14.7 Å². The van der Waals surface area contributed by atoms with Crippen molar-refractivity contribution in [2.75, 3.05) is 7.11 Å². The van der Waals surface area contributed by atoms with Crippen LogP contribution in [0.1, 0.15) is 25.7 Å². The molecule has 1 aliphatic rings. The first-order valence-electron chi connectivity index (χ1n) is 9.50. The van der Waals surface area contributed by atoms with E-state index in [1.165, 1.54) is 49.3 Å². The number of hydrogen-bond donors (Lipinski definition) is 1. The number of rotatable bonds is 6. The van der Waals surface area contributed by atoms with Crippen molar-refractivity contribution in [2.24, 2.45) is 7.05 Å². The van der Waals surface area contributed by atoms with Crippen LogP contribution in [-0.2, 0) is 17.1 Å². The summed E-state index contributed by atoms with van der Waals surface area (Å²) in [6.07, 6.45) is 5.59. The molecule has 11 heteroatoms. The number of benzene rings is 1. The lowest BCUT2D eigenvalue weighted by Gasteiger charge is -2.29. The Bertz CT molecular complexity index is 1210. The maximum Gasteiger partial charge on any atom is 0.419 e. The van der Waals surface area contributed by atoms with Crippen molar-refractivity contribution in [1.29, 1.82) is 0 Å². The van der Waals surface area contributed by atoms with Gasteiger partial charge >= 0.3 is 5.76 Å². The molecule has 10 nitrogen and oxygen atoms in total. The molecule has 1 aromatic carbocycles. The fourth-order valence-corrected chi connectivity index (χ4v) is 4.84. The first-order chi connectivity index (χ1) is 14.4. The van der Waals surface area contributed by atoms with E-state index in [0.29, 0.717) is 48.5 Å². The summed E-state index contributed by atoms with van der Waals surface area (Å²) in [4.78, 5) is 19.9. The van der Waals surface area contributed by atoms with E-state index in [9.17, 15) is 13.2 Å². The molecule has 4 rings (SSSR count). The molecule has 160 valence electrons. The minimum atomic E-state index is -3.73. The number of sulfonamides is 1. The van der Waals surface area contributed by atoms with Crippen LogP contribution in [0, 0.1) is 0 Å². The van der Waals surface area contributed by atoms with Crippen molar-refractivity contribution in [3.63, 3.8) is 0 Å². The van der Waals surface area contributed by atoms with Gasteiger partial charge in [-0.1, -0.05) is 0 Å². The number of nitrogens with zero attached hydrogens (tertiary/aromatic N) is 3. The summed E-state index contributed by atoms with van der Waals surface area (Å²) in [6.45, 7) is 0. The Kier molecular flexibility index (Phi) is 5.48. The molecule has 1 aliphatic carbocycles. The third kappa shape index (κ3) is 4.17. The highest BCUT2D eigenvalue weighted by Crippen LogP contribution is 2.25. The van der Waals surface area contributed by atoms with Crippen LogP contribution < -0.4 is 20.0 Å². The third-order valence-electron chi connectivity index (χ3n) is 5.16. The molecule has 0 bridgehead atoms. The standard InChI is InChI=1S/C19H22N4O6S/c1-23-15-9-14(7-8-16(15)29-19(23)24)30(25,26)22-12-3-5-13(6-4-12)28-18-11-20-10-17(21-18)27-2/h7-13,22H,3-6H2,1-2H3. The van der Waals surface area contributed by atoms with Gasteiger partial charge in [0.15, 0.2) is 5.58 Å². The van der Waals surface area contributed by atoms with E-state index in [0.717, 1.165) is 0 Å². The fourth-order valence-electron chi connectivity index (χ4n) is 3.52. The van der Waals surface area contributed by atoms with Crippen LogP contribution in [0.4, 0.5) is 0 Å². The summed E-state index contributed by atoms with van der Waals surface area (Å²) in [5.74, 6) is 0.227. The fraction of sp³-hybridized carbons (Fsp3) is 0.421. The molecule has 0 spiro atoms. The summed E-state index contributed by atoms with van der Waals surface area (Å²) in [5, 5.41) is 0. The predicted octanol–water partition coefficient (Wildman–Crippen LogP) is 1.60. The van der Waals surface area contributed by atoms with Crippen LogP contribution in [0.2, 0.25) is 0 Å². The van der Waals surface area contributed by atoms with E-state index in [1.807, 2.05) is 0 Å². The molecule has 1 saturated carbocycles. The molecule has 1 fully saturated rings. The van der Waals surface area contributed by atoms with Crippen LogP contribution in [-0.4, -0.2) is 42.2 Å². The van der Waals surface area contributed by atoms with E-state index in [1.54, 1.807) is 0 Å². The number of aryl methyl sites for hydroxylation is 1. The monoisotopic (exact) mass is 434 g/mol. The second-order valence-corrected chi connectivity index (χ2v) is 8.88. The van der Waals surface area contributed by atoms with E-state index >= 15 is 0 Å². The van der Waals surface area contributed by atoms with Gasteiger partial charge in [0.2, 0.25) is 21.8 Å². The van der Waals surface area contributed by atoms with Crippen LogP contribution >= 0.6 is 0 Å². The summed E-state index contributed by atoms with van der Waals surface area (Å²) in [7, 11) is -0.688. The van der Waals surface area contributed by atoms with Gasteiger partial charge in [0.05, 0.1) is 29.9 Å². The summed E-state index contributed by atoms with van der Waals surface area (Å²) < 4.78 is 45.6. The lowest BCUT2D eigenvalue weighted by atomic mass is 9.94. The zero-order valence-electron chi connectivity index (χ0n) is 16.6. The molecule has 2 aromatic heterocycles. The average Bonchev–Trinajstić information content (AvgIpc) is 3.03. The Labute approximate surface area is 172 Å². The van der Waals surface area contributed by atoms with Crippen molar-refractivity contribution < 1.29 is 22.3 Å². The first kappa shape index (κ1) is 20.4. The minimum Gasteiger partial charge on any atom is -0.480 e. The Morgan fingerprint density at radius 3 is 2.63 bits per heavy atom. The van der Waals surface area contributed by atoms with Gasteiger partial charge in [-0.25, -0.2) is 17.9 Å². The summed E-state index contributed by atoms with van der Waals surface area (Å²) in [6, 6.07) is 4.17. The second-order valence-electron chi connectivity index (χ2n) is 7.17. The lowest BCUT2D eigenvalue weighted by Crippen LogP contribution is -2.39. The van der Waals surface area contributed by atoms with Gasteiger partial charge in [-0.15, -0.1) is 0 Å². The molecule has 0 atom stereocenters. The average molecular weight is 434 g/mol. The van der Waals surface area contributed by atoms with Gasteiger partial charge < -0.3 is 13.9 Å². The molecule has 0 aliphatic heterocycles. The van der Waals surface area contributed by atoms with Gasteiger partial charge in [0.25, 0.3) is 0 Å². The van der Waals surface area contributed by atoms with Crippen molar-refractivity contribution in [2.45, 2.75) is 42.7 Å². The van der Waals surface area contributed by atoms with E-state index in [-0.39, 0.29) is 17.0 Å². The van der Waals surface area contributed by atoms with Crippen LogP contribution in [0.3, 0.4) is 0 Å². The highest BCUT2D eigenvalue weighted by molar-refractivity contribution is 7.89. The van der Waals surface area contributed by atoms with Gasteiger partial charge in [0, 0.05) is 13.1 Å². The SMILES string of the molecule is COc1cncc(OC2CCC(NS(=O)(=O)c3ccc4oc(=O)n(C)c4c3)CC2)n1. The van der Waals surface area contributed by atoms with Gasteiger partial charge in [-0.05, 0) is 43.9 Å². The predicted molar refractivity (Wildman–Crippen MR) is 107 cm³/mol. The van der Waals surface area contributed by atoms with Crippen molar-refractivity contribution in [3.05, 3.63) is 41.1 Å². The summed E-state index contributed by atoms with van der Waals surface area (Å²) in [5.41, 5.74) is 0.777. The van der Waals surface area contributed by atoms with E-state index in [4.69, 9.17) is 13.9 Å². The Balaban J connectivity index is 1.39. The molecule has 3 aromatic rings. The Morgan fingerprint density at radius 2 is 1.90 bits per heavy atom. The first-order valence-corrected chi connectivity index (χ1v) is 11.0. The molecule has 2 heterocycles. The zero-order chi connectivity index (χ0) is 21.3. The third-order valence-corrected chi connectivity index (χ3v) is 6.67. The summed E-state index contributed by atoms with van der Waals surface area (Å²) >= 11 is 0. The van der Waals surface area contributed by atoms with Crippen molar-refractivity contribution in [1.82, 2.24) is 19.3 Å². The van der Waals surface area contributed by atoms with Crippen molar-refractivity contribution in [3.8, 4) is 11.8 Å².